The van der Waals surface area contributed by atoms with Crippen molar-refractivity contribution in [3.05, 3.63) is 24.2 Å². The van der Waals surface area contributed by atoms with Gasteiger partial charge in [0, 0.05) is 19.0 Å². The number of pyridine rings is 1. The molecule has 0 spiro atoms. The van der Waals surface area contributed by atoms with Gasteiger partial charge in [-0.3, -0.25) is 10.2 Å². The van der Waals surface area contributed by atoms with Gasteiger partial charge in [0.25, 0.3) is 0 Å². The van der Waals surface area contributed by atoms with Gasteiger partial charge in [0.15, 0.2) is 5.65 Å². The summed E-state index contributed by atoms with van der Waals surface area (Å²) in [4.78, 5) is 22.3. The second-order valence-electron chi connectivity index (χ2n) is 3.13. The summed E-state index contributed by atoms with van der Waals surface area (Å²) < 4.78 is 0. The molecule has 78 valence electrons. The van der Waals surface area contributed by atoms with Crippen LogP contribution in [-0.4, -0.2) is 20.9 Å². The molecule has 0 aliphatic heterocycles. The first-order valence-corrected chi connectivity index (χ1v) is 4.58. The summed E-state index contributed by atoms with van der Waals surface area (Å²) in [6.45, 7) is 0. The lowest BCUT2D eigenvalue weighted by atomic mass is 10.3. The Bertz CT molecular complexity index is 445. The minimum Gasteiger partial charge on any atom is -0.341 e. The molecule has 0 aliphatic carbocycles. The summed E-state index contributed by atoms with van der Waals surface area (Å²) in [6.07, 6.45) is 2.52. The van der Waals surface area contributed by atoms with E-state index in [1.165, 1.54) is 0 Å². The zero-order valence-electron chi connectivity index (χ0n) is 8.03. The van der Waals surface area contributed by atoms with Crippen LogP contribution in [0.25, 0.3) is 11.2 Å². The van der Waals surface area contributed by atoms with Crippen molar-refractivity contribution in [2.45, 2.75) is 12.8 Å². The summed E-state index contributed by atoms with van der Waals surface area (Å²) in [5.74, 6) is 5.51. The van der Waals surface area contributed by atoms with Gasteiger partial charge < -0.3 is 4.98 Å². The number of aromatic amines is 1. The van der Waals surface area contributed by atoms with E-state index in [1.807, 2.05) is 12.1 Å². The first kappa shape index (κ1) is 9.60. The number of nitrogens with one attached hydrogen (secondary N) is 2. The van der Waals surface area contributed by atoms with E-state index in [9.17, 15) is 4.79 Å². The maximum Gasteiger partial charge on any atom is 0.234 e. The lowest BCUT2D eigenvalue weighted by Gasteiger charge is -1.95. The number of rotatable bonds is 3. The highest BCUT2D eigenvalue weighted by Gasteiger charge is 2.05. The first-order valence-electron chi connectivity index (χ1n) is 4.58. The molecule has 0 saturated carbocycles. The molecule has 0 bridgehead atoms. The van der Waals surface area contributed by atoms with Crippen molar-refractivity contribution in [2.24, 2.45) is 5.84 Å². The number of nitrogens with two attached hydrogens (primary N) is 1. The molecule has 0 radical (unpaired) electrons. The minimum absolute atomic E-state index is 0.205. The lowest BCUT2D eigenvalue weighted by molar-refractivity contribution is -0.121. The van der Waals surface area contributed by atoms with Gasteiger partial charge in [0.2, 0.25) is 5.91 Å². The Morgan fingerprint density at radius 3 is 3.20 bits per heavy atom. The Hall–Kier alpha value is -1.95. The van der Waals surface area contributed by atoms with Crippen molar-refractivity contribution >= 4 is 17.1 Å². The van der Waals surface area contributed by atoms with E-state index in [1.54, 1.807) is 6.20 Å². The Labute approximate surface area is 85.9 Å². The smallest absolute Gasteiger partial charge is 0.234 e. The van der Waals surface area contributed by atoms with Gasteiger partial charge in [-0.2, -0.15) is 0 Å². The number of hydrogen-bond acceptors (Lipinski definition) is 4. The van der Waals surface area contributed by atoms with E-state index in [0.29, 0.717) is 18.5 Å². The van der Waals surface area contributed by atoms with Gasteiger partial charge in [0.1, 0.15) is 5.82 Å². The van der Waals surface area contributed by atoms with Crippen LogP contribution in [0.5, 0.6) is 0 Å². The molecule has 4 N–H and O–H groups in total. The third-order valence-corrected chi connectivity index (χ3v) is 2.06. The normalized spacial score (nSPS) is 10.5. The average Bonchev–Trinajstić information content (AvgIpc) is 2.68. The number of fused-ring (bicyclic) bond motifs is 1. The second kappa shape index (κ2) is 4.05. The number of amides is 1. The number of aromatic nitrogens is 3. The molecule has 0 saturated heterocycles. The van der Waals surface area contributed by atoms with Crippen LogP contribution in [0.4, 0.5) is 0 Å². The molecule has 2 aromatic rings. The Kier molecular flexibility index (Phi) is 2.59. The molecular weight excluding hydrogens is 194 g/mol. The second-order valence-corrected chi connectivity index (χ2v) is 3.13. The highest BCUT2D eigenvalue weighted by molar-refractivity contribution is 5.75. The van der Waals surface area contributed by atoms with Crippen LogP contribution < -0.4 is 11.3 Å². The average molecular weight is 205 g/mol. The van der Waals surface area contributed by atoms with Gasteiger partial charge in [-0.15, -0.1) is 0 Å². The number of hydrogen-bond donors (Lipinski definition) is 3. The summed E-state index contributed by atoms with van der Waals surface area (Å²) in [7, 11) is 0. The van der Waals surface area contributed by atoms with E-state index in [0.717, 1.165) is 11.3 Å². The number of carbonyl (C=O) groups excluding carboxylic acids is 1. The fourth-order valence-electron chi connectivity index (χ4n) is 1.32. The number of H-pyrrole nitrogens is 1. The van der Waals surface area contributed by atoms with Crippen LogP contribution in [0.2, 0.25) is 0 Å². The maximum absolute atomic E-state index is 10.9. The van der Waals surface area contributed by atoms with Crippen LogP contribution in [0.3, 0.4) is 0 Å². The Morgan fingerprint density at radius 2 is 2.47 bits per heavy atom. The molecule has 0 aliphatic rings. The van der Waals surface area contributed by atoms with Crippen LogP contribution in [-0.2, 0) is 11.2 Å². The topological polar surface area (TPSA) is 96.7 Å². The van der Waals surface area contributed by atoms with E-state index in [-0.39, 0.29) is 5.91 Å². The van der Waals surface area contributed by atoms with Gasteiger partial charge in [0.05, 0.1) is 5.52 Å². The van der Waals surface area contributed by atoms with Crippen molar-refractivity contribution in [2.75, 3.05) is 0 Å². The van der Waals surface area contributed by atoms with Gasteiger partial charge in [-0.1, -0.05) is 0 Å². The van der Waals surface area contributed by atoms with Crippen LogP contribution in [0.1, 0.15) is 12.2 Å². The highest BCUT2D eigenvalue weighted by atomic mass is 16.2. The van der Waals surface area contributed by atoms with E-state index < -0.39 is 0 Å². The SMILES string of the molecule is NNC(=O)CCc1nc2ncccc2[nH]1. The van der Waals surface area contributed by atoms with E-state index in [2.05, 4.69) is 20.4 Å². The van der Waals surface area contributed by atoms with Crippen LogP contribution in [0, 0.1) is 0 Å². The van der Waals surface area contributed by atoms with Crippen molar-refractivity contribution in [1.82, 2.24) is 20.4 Å². The zero-order chi connectivity index (χ0) is 10.7. The molecule has 0 atom stereocenters. The molecule has 2 heterocycles. The van der Waals surface area contributed by atoms with E-state index >= 15 is 0 Å². The molecule has 0 unspecified atom stereocenters. The molecule has 2 rings (SSSR count). The van der Waals surface area contributed by atoms with Crippen LogP contribution in [0.15, 0.2) is 18.3 Å². The number of hydrazine groups is 1. The number of carbonyl (C=O) groups is 1. The number of aryl methyl sites for hydroxylation is 1. The molecule has 0 aromatic carbocycles. The fourth-order valence-corrected chi connectivity index (χ4v) is 1.32. The highest BCUT2D eigenvalue weighted by Crippen LogP contribution is 2.08. The molecule has 15 heavy (non-hydrogen) atoms. The molecule has 1 amide bonds. The molecule has 6 heteroatoms. The third-order valence-electron chi connectivity index (χ3n) is 2.06. The number of nitrogens with zero attached hydrogens (tertiary/aromatic N) is 2. The van der Waals surface area contributed by atoms with Crippen molar-refractivity contribution < 1.29 is 4.79 Å². The predicted molar refractivity (Wildman–Crippen MR) is 54.5 cm³/mol. The lowest BCUT2D eigenvalue weighted by Crippen LogP contribution is -2.30. The van der Waals surface area contributed by atoms with Crippen LogP contribution >= 0.6 is 0 Å². The first-order chi connectivity index (χ1) is 7.29. The monoisotopic (exact) mass is 205 g/mol. The number of imidazole rings is 1. The zero-order valence-corrected chi connectivity index (χ0v) is 8.03. The van der Waals surface area contributed by atoms with E-state index in [4.69, 9.17) is 5.84 Å². The fraction of sp³-hybridized carbons (Fsp3) is 0.222. The van der Waals surface area contributed by atoms with Gasteiger partial charge in [-0.05, 0) is 12.1 Å². The minimum atomic E-state index is -0.205. The van der Waals surface area contributed by atoms with Crippen molar-refractivity contribution in [3.8, 4) is 0 Å². The molecular formula is C9H11N5O. The summed E-state index contributed by atoms with van der Waals surface area (Å²) in [5, 5.41) is 0. The molecule has 6 nitrogen and oxygen atoms in total. The predicted octanol–water partition coefficient (Wildman–Crippen LogP) is -0.120. The van der Waals surface area contributed by atoms with Gasteiger partial charge in [-0.25, -0.2) is 15.8 Å². The largest absolute Gasteiger partial charge is 0.341 e. The third kappa shape index (κ3) is 2.10. The Balaban J connectivity index is 2.12. The Morgan fingerprint density at radius 1 is 1.60 bits per heavy atom. The van der Waals surface area contributed by atoms with Crippen molar-refractivity contribution in [3.63, 3.8) is 0 Å². The molecule has 2 aromatic heterocycles. The van der Waals surface area contributed by atoms with Gasteiger partial charge >= 0.3 is 0 Å². The summed E-state index contributed by atoms with van der Waals surface area (Å²) >= 11 is 0. The molecule has 0 fully saturated rings. The quantitative estimate of drug-likeness (QED) is 0.369. The maximum atomic E-state index is 10.9. The standard InChI is InChI=1S/C9H11N5O/c10-14-8(15)4-3-7-12-6-2-1-5-11-9(6)13-7/h1-2,5H,3-4,10H2,(H,14,15)(H,11,12,13). The summed E-state index contributed by atoms with van der Waals surface area (Å²) in [5.41, 5.74) is 3.62. The van der Waals surface area contributed by atoms with Crippen molar-refractivity contribution in [1.29, 1.82) is 0 Å². The summed E-state index contributed by atoms with van der Waals surface area (Å²) in [6, 6.07) is 3.72.